The number of nitrogens with zero attached hydrogens (tertiary/aromatic N) is 3. The summed E-state index contributed by atoms with van der Waals surface area (Å²) in [6.07, 6.45) is 3.30. The predicted molar refractivity (Wildman–Crippen MR) is 134 cm³/mol. The summed E-state index contributed by atoms with van der Waals surface area (Å²) >= 11 is 0. The molecule has 2 heterocycles. The molecule has 0 saturated heterocycles. The Morgan fingerprint density at radius 2 is 1.97 bits per heavy atom. The minimum Gasteiger partial charge on any atom is -0.357 e. The molecule has 0 fully saturated rings. The molecular formula is C26H25FN6O2. The molecule has 2 amide bonds. The van der Waals surface area contributed by atoms with Gasteiger partial charge in [-0.1, -0.05) is 24.3 Å². The van der Waals surface area contributed by atoms with Crippen molar-refractivity contribution in [1.29, 1.82) is 0 Å². The van der Waals surface area contributed by atoms with Crippen LogP contribution in [0.25, 0.3) is 22.2 Å². The molecular weight excluding hydrogens is 447 g/mol. The fourth-order valence-electron chi connectivity index (χ4n) is 4.64. The first kappa shape index (κ1) is 22.5. The Hall–Kier alpha value is -4.27. The molecule has 178 valence electrons. The smallest absolute Gasteiger partial charge is 0.319 e. The van der Waals surface area contributed by atoms with Gasteiger partial charge in [-0.15, -0.1) is 0 Å². The molecule has 1 aliphatic rings. The van der Waals surface area contributed by atoms with E-state index in [1.807, 2.05) is 18.2 Å². The lowest BCUT2D eigenvalue weighted by Crippen LogP contribution is -2.32. The normalized spacial score (nSPS) is 14.6. The second-order valence-electron chi connectivity index (χ2n) is 8.68. The third-order valence-corrected chi connectivity index (χ3v) is 6.46. The summed E-state index contributed by atoms with van der Waals surface area (Å²) in [6, 6.07) is 11.8. The molecule has 0 spiro atoms. The topological polar surface area (TPSA) is 101 Å². The molecule has 0 radical (unpaired) electrons. The molecule has 1 atom stereocenters. The first-order valence-electron chi connectivity index (χ1n) is 11.4. The van der Waals surface area contributed by atoms with Gasteiger partial charge >= 0.3 is 6.03 Å². The zero-order valence-electron chi connectivity index (χ0n) is 19.6. The van der Waals surface area contributed by atoms with Crippen molar-refractivity contribution in [3.8, 4) is 11.1 Å². The highest BCUT2D eigenvalue weighted by molar-refractivity contribution is 5.91. The number of aryl methyl sites for hydroxylation is 3. The lowest BCUT2D eigenvalue weighted by atomic mass is 9.99. The number of anilines is 2. The summed E-state index contributed by atoms with van der Waals surface area (Å²) in [5, 5.41) is 9.08. The SMILES string of the molecule is CNc1ncc2cc(-c3cc(NC(=O)NC4CCc5ccccc54)c(F)cc3C)c(=O)n(C)c2n1. The van der Waals surface area contributed by atoms with Crippen molar-refractivity contribution < 1.29 is 9.18 Å². The number of aromatic nitrogens is 3. The van der Waals surface area contributed by atoms with E-state index in [1.54, 1.807) is 33.3 Å². The van der Waals surface area contributed by atoms with Crippen molar-refractivity contribution in [2.45, 2.75) is 25.8 Å². The third kappa shape index (κ3) is 4.09. The number of pyridine rings is 1. The lowest BCUT2D eigenvalue weighted by Gasteiger charge is -2.17. The van der Waals surface area contributed by atoms with E-state index in [4.69, 9.17) is 0 Å². The van der Waals surface area contributed by atoms with E-state index in [0.717, 1.165) is 18.4 Å². The maximum absolute atomic E-state index is 14.8. The van der Waals surface area contributed by atoms with Crippen LogP contribution in [-0.4, -0.2) is 27.6 Å². The van der Waals surface area contributed by atoms with E-state index >= 15 is 0 Å². The molecule has 9 heteroatoms. The fourth-order valence-corrected chi connectivity index (χ4v) is 4.64. The van der Waals surface area contributed by atoms with Gasteiger partial charge < -0.3 is 16.0 Å². The molecule has 0 bridgehead atoms. The number of nitrogens with one attached hydrogen (secondary N) is 3. The Morgan fingerprint density at radius 1 is 1.17 bits per heavy atom. The number of urea groups is 1. The molecule has 4 aromatic rings. The first-order chi connectivity index (χ1) is 16.9. The van der Waals surface area contributed by atoms with E-state index in [2.05, 4.69) is 32.0 Å². The fraction of sp³-hybridized carbons (Fsp3) is 0.231. The Kier molecular flexibility index (Phi) is 5.68. The number of hydrogen-bond acceptors (Lipinski definition) is 5. The lowest BCUT2D eigenvalue weighted by molar-refractivity contribution is 0.248. The number of carbonyl (C=O) groups excluding carboxylic acids is 1. The number of benzene rings is 2. The number of fused-ring (bicyclic) bond motifs is 2. The second-order valence-corrected chi connectivity index (χ2v) is 8.68. The first-order valence-corrected chi connectivity index (χ1v) is 11.4. The van der Waals surface area contributed by atoms with E-state index in [1.165, 1.54) is 22.3 Å². The van der Waals surface area contributed by atoms with Gasteiger partial charge in [-0.2, -0.15) is 4.98 Å². The Bertz CT molecular complexity index is 1530. The van der Waals surface area contributed by atoms with E-state index in [9.17, 15) is 14.0 Å². The van der Waals surface area contributed by atoms with Gasteiger partial charge in [0.15, 0.2) is 0 Å². The van der Waals surface area contributed by atoms with Crippen LogP contribution in [0.4, 0.5) is 20.8 Å². The van der Waals surface area contributed by atoms with Crippen LogP contribution in [0.5, 0.6) is 0 Å². The zero-order valence-corrected chi connectivity index (χ0v) is 19.6. The van der Waals surface area contributed by atoms with Crippen molar-refractivity contribution in [3.63, 3.8) is 0 Å². The van der Waals surface area contributed by atoms with Crippen LogP contribution in [-0.2, 0) is 13.5 Å². The van der Waals surface area contributed by atoms with Crippen LogP contribution in [0.3, 0.4) is 0 Å². The molecule has 1 unspecified atom stereocenters. The monoisotopic (exact) mass is 472 g/mol. The van der Waals surface area contributed by atoms with Crippen LogP contribution >= 0.6 is 0 Å². The van der Waals surface area contributed by atoms with Gasteiger partial charge in [-0.3, -0.25) is 9.36 Å². The molecule has 5 rings (SSSR count). The maximum Gasteiger partial charge on any atom is 0.319 e. The van der Waals surface area contributed by atoms with Gasteiger partial charge in [0.2, 0.25) is 5.95 Å². The minimum absolute atomic E-state index is 0.00156. The molecule has 0 aliphatic heterocycles. The standard InChI is InChI=1S/C26H25FN6O2/c1-14-10-20(27)22(31-26(35)30-21-9-8-15-6-4-5-7-17(15)21)12-18(14)19-11-16-13-29-25(28-2)32-23(16)33(3)24(19)34/h4-7,10-13,21H,8-9H2,1-3H3,(H,28,29,32)(H2,30,31,35). The van der Waals surface area contributed by atoms with Gasteiger partial charge in [0.05, 0.1) is 11.7 Å². The Morgan fingerprint density at radius 3 is 2.77 bits per heavy atom. The van der Waals surface area contributed by atoms with E-state index < -0.39 is 11.8 Å². The molecule has 1 aliphatic carbocycles. The van der Waals surface area contributed by atoms with Gasteiger partial charge in [-0.05, 0) is 60.2 Å². The van der Waals surface area contributed by atoms with Crippen LogP contribution in [0.2, 0.25) is 0 Å². The molecule has 8 nitrogen and oxygen atoms in total. The summed E-state index contributed by atoms with van der Waals surface area (Å²) in [6.45, 7) is 1.72. The quantitative estimate of drug-likeness (QED) is 0.411. The van der Waals surface area contributed by atoms with Crippen LogP contribution in [0.15, 0.2) is 53.5 Å². The van der Waals surface area contributed by atoms with Crippen LogP contribution < -0.4 is 21.5 Å². The van der Waals surface area contributed by atoms with Crippen LogP contribution in [0, 0.1) is 12.7 Å². The average Bonchev–Trinajstić information content (AvgIpc) is 3.25. The highest BCUT2D eigenvalue weighted by atomic mass is 19.1. The molecule has 2 aromatic heterocycles. The number of rotatable bonds is 4. The highest BCUT2D eigenvalue weighted by Gasteiger charge is 2.24. The van der Waals surface area contributed by atoms with Crippen LogP contribution in [0.1, 0.15) is 29.2 Å². The van der Waals surface area contributed by atoms with Gasteiger partial charge in [0.1, 0.15) is 11.5 Å². The largest absolute Gasteiger partial charge is 0.357 e. The van der Waals surface area contributed by atoms with Gasteiger partial charge in [-0.25, -0.2) is 14.2 Å². The molecule has 3 N–H and O–H groups in total. The average molecular weight is 473 g/mol. The van der Waals surface area contributed by atoms with Crippen molar-refractivity contribution in [2.24, 2.45) is 7.05 Å². The summed E-state index contributed by atoms with van der Waals surface area (Å²) < 4.78 is 16.3. The highest BCUT2D eigenvalue weighted by Crippen LogP contribution is 2.32. The number of carbonyl (C=O) groups is 1. The zero-order chi connectivity index (χ0) is 24.7. The van der Waals surface area contributed by atoms with E-state index in [-0.39, 0.29) is 17.3 Å². The molecule has 2 aromatic carbocycles. The van der Waals surface area contributed by atoms with Crippen molar-refractivity contribution >= 4 is 28.7 Å². The molecule has 35 heavy (non-hydrogen) atoms. The van der Waals surface area contributed by atoms with Gasteiger partial charge in [0, 0.05) is 31.2 Å². The second kappa shape index (κ2) is 8.83. The van der Waals surface area contributed by atoms with Crippen molar-refractivity contribution in [1.82, 2.24) is 19.9 Å². The molecule has 0 saturated carbocycles. The number of halogens is 1. The summed E-state index contributed by atoms with van der Waals surface area (Å²) in [5.41, 5.74) is 3.94. The predicted octanol–water partition coefficient (Wildman–Crippen LogP) is 4.29. The summed E-state index contributed by atoms with van der Waals surface area (Å²) in [4.78, 5) is 34.5. The number of amides is 2. The van der Waals surface area contributed by atoms with Crippen molar-refractivity contribution in [3.05, 3.63) is 81.5 Å². The summed E-state index contributed by atoms with van der Waals surface area (Å²) in [5.74, 6) is -0.173. The maximum atomic E-state index is 14.8. The third-order valence-electron chi connectivity index (χ3n) is 6.46. The number of hydrogen-bond donors (Lipinski definition) is 3. The Labute approximate surface area is 201 Å². The minimum atomic E-state index is -0.576. The van der Waals surface area contributed by atoms with E-state index in [0.29, 0.717) is 33.7 Å². The Balaban J connectivity index is 1.47. The van der Waals surface area contributed by atoms with Crippen molar-refractivity contribution in [2.75, 3.05) is 17.7 Å². The summed E-state index contributed by atoms with van der Waals surface area (Å²) in [7, 11) is 3.33. The van der Waals surface area contributed by atoms with Gasteiger partial charge in [0.25, 0.3) is 5.56 Å².